The molecule has 0 amide bonds. The van der Waals surface area contributed by atoms with E-state index in [4.69, 9.17) is 11.6 Å². The minimum absolute atomic E-state index is 0.568. The van der Waals surface area contributed by atoms with Gasteiger partial charge in [0.2, 0.25) is 0 Å². The van der Waals surface area contributed by atoms with Crippen LogP contribution in [-0.4, -0.2) is 6.54 Å². The number of rotatable bonds is 6. The van der Waals surface area contributed by atoms with Gasteiger partial charge in [-0.25, -0.2) is 0 Å². The van der Waals surface area contributed by atoms with Crippen molar-refractivity contribution < 1.29 is 0 Å². The van der Waals surface area contributed by atoms with Gasteiger partial charge in [-0.05, 0) is 47.9 Å². The zero-order valence-electron chi connectivity index (χ0n) is 12.8. The van der Waals surface area contributed by atoms with E-state index in [1.54, 1.807) is 11.8 Å². The first kappa shape index (κ1) is 16.4. The summed E-state index contributed by atoms with van der Waals surface area (Å²) >= 11 is 8.11. The lowest BCUT2D eigenvalue weighted by atomic mass is 10.0. The Morgan fingerprint density at radius 1 is 1.10 bits per heavy atom. The summed E-state index contributed by atoms with van der Waals surface area (Å²) in [6, 6.07) is 15.0. The molecule has 0 aliphatic rings. The molecule has 21 heavy (non-hydrogen) atoms. The van der Waals surface area contributed by atoms with Crippen molar-refractivity contribution in [2.45, 2.75) is 43.0 Å². The molecule has 2 aromatic rings. The van der Waals surface area contributed by atoms with Gasteiger partial charge in [0.15, 0.2) is 0 Å². The monoisotopic (exact) mass is 319 g/mol. The van der Waals surface area contributed by atoms with Crippen LogP contribution in [0, 0.1) is 0 Å². The van der Waals surface area contributed by atoms with E-state index in [2.05, 4.69) is 68.6 Å². The zero-order chi connectivity index (χ0) is 15.2. The van der Waals surface area contributed by atoms with Crippen molar-refractivity contribution in [1.29, 1.82) is 0 Å². The summed E-state index contributed by atoms with van der Waals surface area (Å²) in [5.74, 6) is 0.568. The van der Waals surface area contributed by atoms with E-state index in [9.17, 15) is 0 Å². The quantitative estimate of drug-likeness (QED) is 0.730. The number of hydrogen-bond donors (Lipinski definition) is 1. The summed E-state index contributed by atoms with van der Waals surface area (Å²) in [6.45, 7) is 8.36. The Morgan fingerprint density at radius 2 is 1.81 bits per heavy atom. The van der Waals surface area contributed by atoms with Gasteiger partial charge in [-0.1, -0.05) is 62.3 Å². The molecule has 0 unspecified atom stereocenters. The molecule has 0 spiro atoms. The Bertz CT molecular complexity index is 578. The molecule has 0 saturated heterocycles. The highest BCUT2D eigenvalue weighted by atomic mass is 35.5. The molecule has 2 aromatic carbocycles. The Balaban J connectivity index is 2.08. The average Bonchev–Trinajstić information content (AvgIpc) is 2.48. The Kier molecular flexibility index (Phi) is 6.16. The van der Waals surface area contributed by atoms with Gasteiger partial charge in [-0.3, -0.25) is 0 Å². The van der Waals surface area contributed by atoms with Crippen LogP contribution in [0.1, 0.15) is 37.8 Å². The lowest BCUT2D eigenvalue weighted by molar-refractivity contribution is 0.726. The van der Waals surface area contributed by atoms with Crippen LogP contribution in [0.3, 0.4) is 0 Å². The molecule has 0 aliphatic carbocycles. The van der Waals surface area contributed by atoms with Gasteiger partial charge in [0.1, 0.15) is 0 Å². The van der Waals surface area contributed by atoms with Crippen molar-refractivity contribution in [3.8, 4) is 0 Å². The summed E-state index contributed by atoms with van der Waals surface area (Å²) in [4.78, 5) is 2.33. The fraction of sp³-hybridized carbons (Fsp3) is 0.333. The third-order valence-electron chi connectivity index (χ3n) is 3.35. The van der Waals surface area contributed by atoms with Crippen LogP contribution in [0.2, 0.25) is 5.02 Å². The first-order chi connectivity index (χ1) is 10.1. The summed E-state index contributed by atoms with van der Waals surface area (Å²) in [5, 5.41) is 4.13. The van der Waals surface area contributed by atoms with E-state index in [0.29, 0.717) is 5.92 Å². The Labute approximate surface area is 137 Å². The molecule has 0 heterocycles. The van der Waals surface area contributed by atoms with E-state index in [0.717, 1.165) is 23.0 Å². The minimum atomic E-state index is 0.568. The lowest BCUT2D eigenvalue weighted by Gasteiger charge is -2.09. The van der Waals surface area contributed by atoms with Crippen LogP contribution in [0.4, 0.5) is 0 Å². The molecular weight excluding hydrogens is 298 g/mol. The van der Waals surface area contributed by atoms with Gasteiger partial charge in [-0.2, -0.15) is 0 Å². The topological polar surface area (TPSA) is 12.0 Å². The summed E-state index contributed by atoms with van der Waals surface area (Å²) in [5.41, 5.74) is 2.59. The molecular formula is C18H22ClNS. The molecule has 0 bridgehead atoms. The molecule has 0 fully saturated rings. The molecule has 2 rings (SSSR count). The molecule has 0 aromatic heterocycles. The summed E-state index contributed by atoms with van der Waals surface area (Å²) < 4.78 is 0. The summed E-state index contributed by atoms with van der Waals surface area (Å²) in [7, 11) is 0. The third-order valence-corrected chi connectivity index (χ3v) is 4.86. The highest BCUT2D eigenvalue weighted by Crippen LogP contribution is 2.34. The smallest absolute Gasteiger partial charge is 0.0548 e. The maximum atomic E-state index is 6.39. The SMILES string of the molecule is CCNCc1ccc(Sc2ccc(C(C)C)cc2)c(Cl)c1. The van der Waals surface area contributed by atoms with E-state index in [1.807, 2.05) is 0 Å². The van der Waals surface area contributed by atoms with E-state index >= 15 is 0 Å². The maximum absolute atomic E-state index is 6.39. The molecule has 0 atom stereocenters. The molecule has 112 valence electrons. The number of halogens is 1. The zero-order valence-corrected chi connectivity index (χ0v) is 14.4. The van der Waals surface area contributed by atoms with Crippen molar-refractivity contribution in [1.82, 2.24) is 5.32 Å². The van der Waals surface area contributed by atoms with Crippen LogP contribution >= 0.6 is 23.4 Å². The van der Waals surface area contributed by atoms with Gasteiger partial charge >= 0.3 is 0 Å². The predicted molar refractivity (Wildman–Crippen MR) is 93.5 cm³/mol. The second kappa shape index (κ2) is 7.88. The van der Waals surface area contributed by atoms with Crippen molar-refractivity contribution >= 4 is 23.4 Å². The van der Waals surface area contributed by atoms with E-state index < -0.39 is 0 Å². The average molecular weight is 320 g/mol. The van der Waals surface area contributed by atoms with Gasteiger partial charge in [0.05, 0.1) is 5.02 Å². The number of hydrogen-bond acceptors (Lipinski definition) is 2. The van der Waals surface area contributed by atoms with E-state index in [-0.39, 0.29) is 0 Å². The normalized spacial score (nSPS) is 11.1. The first-order valence-electron chi connectivity index (χ1n) is 7.37. The fourth-order valence-corrected chi connectivity index (χ4v) is 3.19. The van der Waals surface area contributed by atoms with Crippen molar-refractivity contribution in [2.24, 2.45) is 0 Å². The molecule has 0 aliphatic heterocycles. The van der Waals surface area contributed by atoms with Crippen LogP contribution in [-0.2, 0) is 6.54 Å². The van der Waals surface area contributed by atoms with Crippen LogP contribution < -0.4 is 5.32 Å². The second-order valence-electron chi connectivity index (χ2n) is 5.37. The fourth-order valence-electron chi connectivity index (χ4n) is 2.05. The molecule has 1 N–H and O–H groups in total. The summed E-state index contributed by atoms with van der Waals surface area (Å²) in [6.07, 6.45) is 0. The van der Waals surface area contributed by atoms with Gasteiger partial charge in [-0.15, -0.1) is 0 Å². The van der Waals surface area contributed by atoms with Gasteiger partial charge in [0.25, 0.3) is 0 Å². The predicted octanol–water partition coefficient (Wildman–Crippen LogP) is 5.72. The van der Waals surface area contributed by atoms with Crippen molar-refractivity contribution in [3.63, 3.8) is 0 Å². The third kappa shape index (κ3) is 4.77. The standard InChI is InChI=1S/C18H22ClNS/c1-4-20-12-14-5-10-18(17(19)11-14)21-16-8-6-15(7-9-16)13(2)3/h5-11,13,20H,4,12H2,1-3H3. The Hall–Kier alpha value is -0.960. The largest absolute Gasteiger partial charge is 0.313 e. The highest BCUT2D eigenvalue weighted by molar-refractivity contribution is 7.99. The van der Waals surface area contributed by atoms with Gasteiger partial charge < -0.3 is 5.32 Å². The molecule has 3 heteroatoms. The number of benzene rings is 2. The van der Waals surface area contributed by atoms with Crippen LogP contribution in [0.25, 0.3) is 0 Å². The molecule has 0 radical (unpaired) electrons. The van der Waals surface area contributed by atoms with Crippen molar-refractivity contribution in [3.05, 3.63) is 58.6 Å². The lowest BCUT2D eigenvalue weighted by Crippen LogP contribution is -2.11. The number of nitrogens with one attached hydrogen (secondary N) is 1. The molecule has 0 saturated carbocycles. The van der Waals surface area contributed by atoms with E-state index in [1.165, 1.54) is 16.0 Å². The highest BCUT2D eigenvalue weighted by Gasteiger charge is 2.05. The van der Waals surface area contributed by atoms with Crippen LogP contribution in [0.5, 0.6) is 0 Å². The minimum Gasteiger partial charge on any atom is -0.313 e. The Morgan fingerprint density at radius 3 is 2.38 bits per heavy atom. The molecule has 1 nitrogen and oxygen atoms in total. The second-order valence-corrected chi connectivity index (χ2v) is 6.89. The van der Waals surface area contributed by atoms with Gasteiger partial charge in [0, 0.05) is 16.3 Å². The maximum Gasteiger partial charge on any atom is 0.0548 e. The first-order valence-corrected chi connectivity index (χ1v) is 8.56. The van der Waals surface area contributed by atoms with Crippen molar-refractivity contribution in [2.75, 3.05) is 6.54 Å². The van der Waals surface area contributed by atoms with Crippen LogP contribution in [0.15, 0.2) is 52.3 Å².